The molecule has 0 saturated heterocycles. The number of nitrogens with zero attached hydrogens (tertiary/aromatic N) is 2. The summed E-state index contributed by atoms with van der Waals surface area (Å²) in [5.74, 6) is 0. The molecule has 4 heteroatoms. The second-order valence-corrected chi connectivity index (χ2v) is 4.69. The van der Waals surface area contributed by atoms with Crippen LogP contribution in [-0.4, -0.2) is 15.0 Å². The van der Waals surface area contributed by atoms with E-state index in [-0.39, 0.29) is 6.04 Å². The molecule has 1 unspecified atom stereocenters. The van der Waals surface area contributed by atoms with Crippen molar-refractivity contribution in [2.45, 2.75) is 13.0 Å². The summed E-state index contributed by atoms with van der Waals surface area (Å²) in [5, 5.41) is 3.48. The summed E-state index contributed by atoms with van der Waals surface area (Å²) in [6.45, 7) is 2.14. The maximum absolute atomic E-state index is 4.04. The van der Waals surface area contributed by atoms with Crippen molar-refractivity contribution in [2.24, 2.45) is 0 Å². The Balaban J connectivity index is 1.72. The highest BCUT2D eigenvalue weighted by molar-refractivity contribution is 5.62. The highest BCUT2D eigenvalue weighted by atomic mass is 14.9. The minimum atomic E-state index is 0.246. The number of nitrogens with one attached hydrogen (secondary N) is 2. The Labute approximate surface area is 117 Å². The van der Waals surface area contributed by atoms with E-state index in [1.54, 1.807) is 6.33 Å². The second kappa shape index (κ2) is 5.57. The Hall–Kier alpha value is -2.62. The molecule has 2 aromatic heterocycles. The fraction of sp³-hybridized carbons (Fsp3) is 0.125. The molecule has 2 heterocycles. The van der Waals surface area contributed by atoms with E-state index in [0.29, 0.717) is 0 Å². The average molecular weight is 264 g/mol. The van der Waals surface area contributed by atoms with Crippen molar-refractivity contribution in [2.75, 3.05) is 5.32 Å². The third kappa shape index (κ3) is 2.69. The van der Waals surface area contributed by atoms with Gasteiger partial charge in [0.1, 0.15) is 0 Å². The SMILES string of the molecule is CC(Nc1ccc(-c2cnc[nH]2)cc1)c1ccncc1. The molecule has 0 aliphatic rings. The van der Waals surface area contributed by atoms with E-state index in [1.165, 1.54) is 5.56 Å². The Morgan fingerprint density at radius 2 is 1.75 bits per heavy atom. The molecule has 3 aromatic rings. The third-order valence-corrected chi connectivity index (χ3v) is 3.28. The molecule has 20 heavy (non-hydrogen) atoms. The van der Waals surface area contributed by atoms with Gasteiger partial charge in [0.25, 0.3) is 0 Å². The largest absolute Gasteiger partial charge is 0.379 e. The van der Waals surface area contributed by atoms with Crippen LogP contribution in [0, 0.1) is 0 Å². The quantitative estimate of drug-likeness (QED) is 0.756. The van der Waals surface area contributed by atoms with E-state index < -0.39 is 0 Å². The molecular formula is C16H16N4. The van der Waals surface area contributed by atoms with Gasteiger partial charge in [0.05, 0.1) is 18.2 Å². The summed E-state index contributed by atoms with van der Waals surface area (Å²) in [6.07, 6.45) is 7.14. The van der Waals surface area contributed by atoms with Crippen molar-refractivity contribution in [1.29, 1.82) is 0 Å². The number of imidazole rings is 1. The maximum Gasteiger partial charge on any atom is 0.0924 e. The zero-order valence-electron chi connectivity index (χ0n) is 11.2. The molecular weight excluding hydrogens is 248 g/mol. The van der Waals surface area contributed by atoms with Crippen LogP contribution >= 0.6 is 0 Å². The van der Waals surface area contributed by atoms with E-state index >= 15 is 0 Å². The van der Waals surface area contributed by atoms with Crippen LogP contribution in [0.1, 0.15) is 18.5 Å². The molecule has 0 aliphatic heterocycles. The first kappa shape index (κ1) is 12.4. The molecule has 0 fully saturated rings. The summed E-state index contributed by atoms with van der Waals surface area (Å²) in [7, 11) is 0. The number of benzene rings is 1. The Morgan fingerprint density at radius 3 is 2.40 bits per heavy atom. The lowest BCUT2D eigenvalue weighted by molar-refractivity contribution is 0.881. The minimum absolute atomic E-state index is 0.246. The molecule has 0 spiro atoms. The van der Waals surface area contributed by atoms with E-state index in [4.69, 9.17) is 0 Å². The van der Waals surface area contributed by atoms with Crippen molar-refractivity contribution < 1.29 is 0 Å². The van der Waals surface area contributed by atoms with Gasteiger partial charge in [-0.1, -0.05) is 12.1 Å². The van der Waals surface area contributed by atoms with E-state index in [1.807, 2.05) is 30.7 Å². The zero-order chi connectivity index (χ0) is 13.8. The molecule has 100 valence electrons. The number of hydrogen-bond donors (Lipinski definition) is 2. The van der Waals surface area contributed by atoms with Crippen molar-refractivity contribution in [1.82, 2.24) is 15.0 Å². The fourth-order valence-corrected chi connectivity index (χ4v) is 2.15. The van der Waals surface area contributed by atoms with Gasteiger partial charge in [0, 0.05) is 24.1 Å². The fourth-order valence-electron chi connectivity index (χ4n) is 2.15. The first-order valence-electron chi connectivity index (χ1n) is 6.58. The summed E-state index contributed by atoms with van der Waals surface area (Å²) in [4.78, 5) is 11.2. The summed E-state index contributed by atoms with van der Waals surface area (Å²) in [5.41, 5.74) is 4.47. The molecule has 0 aliphatic carbocycles. The molecule has 0 bridgehead atoms. The van der Waals surface area contributed by atoms with Gasteiger partial charge < -0.3 is 10.3 Å². The van der Waals surface area contributed by atoms with Gasteiger partial charge in [-0.25, -0.2) is 4.98 Å². The standard InChI is InChI=1S/C16H16N4/c1-12(13-6-8-17-9-7-13)20-15-4-2-14(3-5-15)16-10-18-11-19-16/h2-12,20H,1H3,(H,18,19). The van der Waals surface area contributed by atoms with Gasteiger partial charge in [-0.2, -0.15) is 0 Å². The van der Waals surface area contributed by atoms with Gasteiger partial charge >= 0.3 is 0 Å². The molecule has 1 atom stereocenters. The number of H-pyrrole nitrogens is 1. The monoisotopic (exact) mass is 264 g/mol. The summed E-state index contributed by atoms with van der Waals surface area (Å²) < 4.78 is 0. The normalized spacial score (nSPS) is 12.1. The van der Waals surface area contributed by atoms with Gasteiger partial charge in [-0.15, -0.1) is 0 Å². The van der Waals surface area contributed by atoms with Crippen LogP contribution in [0.3, 0.4) is 0 Å². The van der Waals surface area contributed by atoms with Gasteiger partial charge in [0.2, 0.25) is 0 Å². The highest BCUT2D eigenvalue weighted by Crippen LogP contribution is 2.22. The first-order valence-corrected chi connectivity index (χ1v) is 6.58. The predicted octanol–water partition coefficient (Wildman–Crippen LogP) is 3.64. The highest BCUT2D eigenvalue weighted by Gasteiger charge is 2.05. The number of pyridine rings is 1. The first-order chi connectivity index (χ1) is 9.83. The third-order valence-electron chi connectivity index (χ3n) is 3.28. The molecule has 0 saturated carbocycles. The van der Waals surface area contributed by atoms with Crippen molar-refractivity contribution >= 4 is 5.69 Å². The van der Waals surface area contributed by atoms with Crippen LogP contribution < -0.4 is 5.32 Å². The number of rotatable bonds is 4. The number of hydrogen-bond acceptors (Lipinski definition) is 3. The topological polar surface area (TPSA) is 53.6 Å². The lowest BCUT2D eigenvalue weighted by Gasteiger charge is -2.15. The van der Waals surface area contributed by atoms with Crippen molar-refractivity contribution in [3.63, 3.8) is 0 Å². The molecule has 1 aromatic carbocycles. The maximum atomic E-state index is 4.04. The Kier molecular flexibility index (Phi) is 3.46. The molecule has 0 amide bonds. The molecule has 3 rings (SSSR count). The summed E-state index contributed by atoms with van der Waals surface area (Å²) in [6, 6.07) is 12.6. The van der Waals surface area contributed by atoms with E-state index in [9.17, 15) is 0 Å². The van der Waals surface area contributed by atoms with E-state index in [0.717, 1.165) is 16.9 Å². The molecule has 0 radical (unpaired) electrons. The van der Waals surface area contributed by atoms with Gasteiger partial charge in [-0.3, -0.25) is 4.98 Å². The van der Waals surface area contributed by atoms with Gasteiger partial charge in [0.15, 0.2) is 0 Å². The Bertz CT molecular complexity index is 645. The van der Waals surface area contributed by atoms with Gasteiger partial charge in [-0.05, 0) is 42.3 Å². The van der Waals surface area contributed by atoms with Crippen LogP contribution in [0.25, 0.3) is 11.3 Å². The second-order valence-electron chi connectivity index (χ2n) is 4.69. The predicted molar refractivity (Wildman–Crippen MR) is 80.3 cm³/mol. The average Bonchev–Trinajstić information content (AvgIpc) is 3.03. The van der Waals surface area contributed by atoms with Crippen LogP contribution in [-0.2, 0) is 0 Å². The van der Waals surface area contributed by atoms with Crippen LogP contribution in [0.2, 0.25) is 0 Å². The number of aromatic nitrogens is 3. The van der Waals surface area contributed by atoms with E-state index in [2.05, 4.69) is 51.5 Å². The van der Waals surface area contributed by atoms with Crippen molar-refractivity contribution in [3.05, 3.63) is 66.9 Å². The smallest absolute Gasteiger partial charge is 0.0924 e. The number of aromatic amines is 1. The number of anilines is 1. The lowest BCUT2D eigenvalue weighted by atomic mass is 10.1. The molecule has 4 nitrogen and oxygen atoms in total. The van der Waals surface area contributed by atoms with Crippen LogP contribution in [0.4, 0.5) is 5.69 Å². The Morgan fingerprint density at radius 1 is 1.00 bits per heavy atom. The van der Waals surface area contributed by atoms with Crippen LogP contribution in [0.15, 0.2) is 61.3 Å². The molecule has 2 N–H and O–H groups in total. The van der Waals surface area contributed by atoms with Crippen LogP contribution in [0.5, 0.6) is 0 Å². The summed E-state index contributed by atoms with van der Waals surface area (Å²) >= 11 is 0. The zero-order valence-corrected chi connectivity index (χ0v) is 11.2. The lowest BCUT2D eigenvalue weighted by Crippen LogP contribution is -2.06. The van der Waals surface area contributed by atoms with Crippen molar-refractivity contribution in [3.8, 4) is 11.3 Å². The minimum Gasteiger partial charge on any atom is -0.379 e.